The number of hydrogen-bond donors (Lipinski definition) is 1. The Kier molecular flexibility index (Phi) is 3.32. The lowest BCUT2D eigenvalue weighted by Crippen LogP contribution is -2.05. The van der Waals surface area contributed by atoms with Crippen LogP contribution in [-0.2, 0) is 6.18 Å². The van der Waals surface area contributed by atoms with Gasteiger partial charge in [-0.25, -0.2) is 0 Å². The molecule has 0 spiro atoms. The Morgan fingerprint density at radius 3 is 2.47 bits per heavy atom. The van der Waals surface area contributed by atoms with E-state index in [0.717, 1.165) is 12.1 Å². The highest BCUT2D eigenvalue weighted by Gasteiger charge is 2.33. The Morgan fingerprint density at radius 2 is 2.00 bits per heavy atom. The molecule has 2 N–H and O–H groups in total. The van der Waals surface area contributed by atoms with E-state index >= 15 is 0 Å². The van der Waals surface area contributed by atoms with Gasteiger partial charge >= 0.3 is 6.18 Å². The summed E-state index contributed by atoms with van der Waals surface area (Å²) in [5, 5.41) is 3.23. The third-order valence-corrected chi connectivity index (χ3v) is 2.65. The van der Waals surface area contributed by atoms with E-state index in [1.54, 1.807) is 0 Å². The number of nitrogens with zero attached hydrogens (tertiary/aromatic N) is 1. The highest BCUT2D eigenvalue weighted by atomic mass is 35.5. The van der Waals surface area contributed by atoms with Crippen LogP contribution in [0.3, 0.4) is 0 Å². The van der Waals surface area contributed by atoms with Crippen molar-refractivity contribution in [3.05, 3.63) is 28.8 Å². The molecule has 0 fully saturated rings. The van der Waals surface area contributed by atoms with E-state index < -0.39 is 11.7 Å². The molecular formula is C11H8ClF3N2O2. The molecule has 0 aliphatic carbocycles. The summed E-state index contributed by atoms with van der Waals surface area (Å²) in [7, 11) is 1.29. The fraction of sp³-hybridized carbons (Fsp3) is 0.182. The van der Waals surface area contributed by atoms with E-state index in [9.17, 15) is 13.2 Å². The number of nitrogens with two attached hydrogens (primary N) is 1. The second-order valence-corrected chi connectivity index (χ2v) is 4.06. The molecule has 0 aliphatic rings. The molecule has 0 atom stereocenters. The van der Waals surface area contributed by atoms with Crippen molar-refractivity contribution in [3.8, 4) is 17.1 Å². The number of alkyl halides is 3. The molecular weight excluding hydrogens is 285 g/mol. The summed E-state index contributed by atoms with van der Waals surface area (Å²) in [6.07, 6.45) is -4.53. The molecule has 1 aromatic heterocycles. The van der Waals surface area contributed by atoms with Gasteiger partial charge in [-0.05, 0) is 12.1 Å². The van der Waals surface area contributed by atoms with Crippen molar-refractivity contribution in [2.75, 3.05) is 12.8 Å². The number of anilines is 1. The zero-order valence-electron chi connectivity index (χ0n) is 9.58. The van der Waals surface area contributed by atoms with Crippen molar-refractivity contribution < 1.29 is 22.4 Å². The summed E-state index contributed by atoms with van der Waals surface area (Å²) in [5.41, 5.74) is 4.49. The Balaban J connectivity index is 2.66. The van der Waals surface area contributed by atoms with Gasteiger partial charge < -0.3 is 15.0 Å². The first kappa shape index (κ1) is 13.5. The third-order valence-electron chi connectivity index (χ3n) is 2.37. The molecule has 0 radical (unpaired) electrons. The number of methoxy groups -OCH3 is 1. The van der Waals surface area contributed by atoms with Crippen molar-refractivity contribution >= 4 is 17.4 Å². The number of aromatic nitrogens is 1. The SMILES string of the molecule is COc1c(Cl)cc(C(F)(F)F)cc1-c1cc(N)no1. The fourth-order valence-electron chi connectivity index (χ4n) is 1.56. The standard InChI is InChI=1S/C11H8ClF3N2O2/c1-18-10-6(8-4-9(16)17-19-8)2-5(3-7(10)12)11(13,14)15/h2-4H,1H3,(H2,16,17). The fourth-order valence-corrected chi connectivity index (χ4v) is 1.86. The molecule has 8 heteroatoms. The molecule has 0 bridgehead atoms. The lowest BCUT2D eigenvalue weighted by atomic mass is 10.1. The largest absolute Gasteiger partial charge is 0.494 e. The van der Waals surface area contributed by atoms with Crippen LogP contribution in [0.25, 0.3) is 11.3 Å². The predicted octanol–water partition coefficient (Wildman–Crippen LogP) is 3.60. The lowest BCUT2D eigenvalue weighted by molar-refractivity contribution is -0.137. The second kappa shape index (κ2) is 4.65. The van der Waals surface area contributed by atoms with Gasteiger partial charge in [-0.1, -0.05) is 16.8 Å². The van der Waals surface area contributed by atoms with Crippen molar-refractivity contribution in [1.82, 2.24) is 5.16 Å². The summed E-state index contributed by atoms with van der Waals surface area (Å²) in [5.74, 6) is 0.152. The van der Waals surface area contributed by atoms with Crippen LogP contribution in [0.15, 0.2) is 22.7 Å². The van der Waals surface area contributed by atoms with Gasteiger partial charge in [0.2, 0.25) is 0 Å². The predicted molar refractivity (Wildman–Crippen MR) is 62.9 cm³/mol. The van der Waals surface area contributed by atoms with E-state index in [4.69, 9.17) is 26.6 Å². The normalized spacial score (nSPS) is 11.6. The first-order chi connectivity index (χ1) is 8.82. The Bertz CT molecular complexity index is 610. The quantitative estimate of drug-likeness (QED) is 0.918. The maximum absolute atomic E-state index is 12.7. The van der Waals surface area contributed by atoms with Gasteiger partial charge in [-0.2, -0.15) is 13.2 Å². The molecule has 0 unspecified atom stereocenters. The number of ether oxygens (including phenoxy) is 1. The minimum Gasteiger partial charge on any atom is -0.494 e. The first-order valence-electron chi connectivity index (χ1n) is 5.00. The summed E-state index contributed by atoms with van der Waals surface area (Å²) in [4.78, 5) is 0. The van der Waals surface area contributed by atoms with Crippen LogP contribution in [0.2, 0.25) is 5.02 Å². The van der Waals surface area contributed by atoms with Crippen LogP contribution in [0, 0.1) is 0 Å². The molecule has 0 saturated heterocycles. The summed E-state index contributed by atoms with van der Waals surface area (Å²) >= 11 is 5.78. The molecule has 1 aromatic carbocycles. The zero-order chi connectivity index (χ0) is 14.2. The Labute approximate surface area is 110 Å². The van der Waals surface area contributed by atoms with E-state index in [2.05, 4.69) is 5.16 Å². The summed E-state index contributed by atoms with van der Waals surface area (Å²) in [6, 6.07) is 2.93. The van der Waals surface area contributed by atoms with Crippen LogP contribution >= 0.6 is 11.6 Å². The molecule has 102 valence electrons. The minimum atomic E-state index is -4.53. The smallest absolute Gasteiger partial charge is 0.416 e. The van der Waals surface area contributed by atoms with E-state index in [0.29, 0.717) is 0 Å². The molecule has 19 heavy (non-hydrogen) atoms. The number of rotatable bonds is 2. The van der Waals surface area contributed by atoms with E-state index in [1.165, 1.54) is 13.2 Å². The van der Waals surface area contributed by atoms with Crippen molar-refractivity contribution in [3.63, 3.8) is 0 Å². The van der Waals surface area contributed by atoms with Gasteiger partial charge in [0.25, 0.3) is 0 Å². The monoisotopic (exact) mass is 292 g/mol. The van der Waals surface area contributed by atoms with E-state index in [1.807, 2.05) is 0 Å². The molecule has 1 heterocycles. The van der Waals surface area contributed by atoms with E-state index in [-0.39, 0.29) is 27.9 Å². The number of halogens is 4. The van der Waals surface area contributed by atoms with Gasteiger partial charge in [0.05, 0.1) is 23.3 Å². The second-order valence-electron chi connectivity index (χ2n) is 3.65. The van der Waals surface area contributed by atoms with Crippen molar-refractivity contribution in [1.29, 1.82) is 0 Å². The van der Waals surface area contributed by atoms with Crippen LogP contribution in [0.1, 0.15) is 5.56 Å². The summed E-state index contributed by atoms with van der Waals surface area (Å²) < 4.78 is 48.0. The highest BCUT2D eigenvalue weighted by Crippen LogP contribution is 2.42. The van der Waals surface area contributed by atoms with Gasteiger partial charge in [0.15, 0.2) is 11.6 Å². The topological polar surface area (TPSA) is 61.3 Å². The van der Waals surface area contributed by atoms with Crippen molar-refractivity contribution in [2.24, 2.45) is 0 Å². The molecule has 2 aromatic rings. The number of hydrogen-bond acceptors (Lipinski definition) is 4. The number of nitrogen functional groups attached to an aromatic ring is 1. The minimum absolute atomic E-state index is 0.0338. The van der Waals surface area contributed by atoms with Crippen LogP contribution in [0.5, 0.6) is 5.75 Å². The van der Waals surface area contributed by atoms with Crippen LogP contribution in [0.4, 0.5) is 19.0 Å². The molecule has 0 amide bonds. The first-order valence-corrected chi connectivity index (χ1v) is 5.38. The molecule has 0 saturated carbocycles. The summed E-state index contributed by atoms with van der Waals surface area (Å²) in [6.45, 7) is 0. The van der Waals surface area contributed by atoms with Gasteiger partial charge in [-0.15, -0.1) is 0 Å². The van der Waals surface area contributed by atoms with Crippen LogP contribution < -0.4 is 10.5 Å². The highest BCUT2D eigenvalue weighted by molar-refractivity contribution is 6.32. The Morgan fingerprint density at radius 1 is 1.32 bits per heavy atom. The Hall–Kier alpha value is -1.89. The van der Waals surface area contributed by atoms with Gasteiger partial charge in [0.1, 0.15) is 5.75 Å². The third kappa shape index (κ3) is 2.60. The molecule has 4 nitrogen and oxygen atoms in total. The zero-order valence-corrected chi connectivity index (χ0v) is 10.3. The maximum atomic E-state index is 12.7. The number of benzene rings is 1. The average molecular weight is 293 g/mol. The van der Waals surface area contributed by atoms with Gasteiger partial charge in [0, 0.05) is 6.07 Å². The van der Waals surface area contributed by atoms with Crippen LogP contribution in [-0.4, -0.2) is 12.3 Å². The lowest BCUT2D eigenvalue weighted by Gasteiger charge is -2.12. The maximum Gasteiger partial charge on any atom is 0.416 e. The molecule has 0 aliphatic heterocycles. The average Bonchev–Trinajstić information content (AvgIpc) is 2.73. The molecule has 2 rings (SSSR count). The van der Waals surface area contributed by atoms with Crippen molar-refractivity contribution in [2.45, 2.75) is 6.18 Å². The van der Waals surface area contributed by atoms with Gasteiger partial charge in [-0.3, -0.25) is 0 Å².